The highest BCUT2D eigenvalue weighted by molar-refractivity contribution is 5.88. The number of rotatable bonds is 4. The van der Waals surface area contributed by atoms with Crippen LogP contribution in [-0.2, 0) is 9.59 Å². The summed E-state index contributed by atoms with van der Waals surface area (Å²) in [5.41, 5.74) is 2.03. The number of ether oxygens (including phenoxy) is 1. The molecule has 1 amide bonds. The molecule has 2 rings (SSSR count). The molecule has 0 saturated heterocycles. The van der Waals surface area contributed by atoms with E-state index in [1.165, 1.54) is 31.9 Å². The van der Waals surface area contributed by atoms with Gasteiger partial charge in [-0.2, -0.15) is 0 Å². The van der Waals surface area contributed by atoms with Gasteiger partial charge in [0.1, 0.15) is 5.75 Å². The topological polar surface area (TPSA) is 75.6 Å². The van der Waals surface area contributed by atoms with Crippen molar-refractivity contribution in [1.29, 1.82) is 0 Å². The molecule has 5 nitrogen and oxygen atoms in total. The summed E-state index contributed by atoms with van der Waals surface area (Å²) in [6, 6.07) is 14.9. The summed E-state index contributed by atoms with van der Waals surface area (Å²) >= 11 is 0. The van der Waals surface area contributed by atoms with Crippen LogP contribution in [0.25, 0.3) is 0 Å². The van der Waals surface area contributed by atoms with E-state index in [9.17, 15) is 9.59 Å². The van der Waals surface area contributed by atoms with Gasteiger partial charge in [-0.25, -0.2) is 4.79 Å². The van der Waals surface area contributed by atoms with Crippen molar-refractivity contribution in [1.82, 2.24) is 0 Å². The van der Waals surface area contributed by atoms with Crippen LogP contribution < -0.4 is 10.1 Å². The molecule has 0 aromatic heterocycles. The molecule has 0 fully saturated rings. The Morgan fingerprint density at radius 1 is 1.00 bits per heavy atom. The van der Waals surface area contributed by atoms with Crippen molar-refractivity contribution < 1.29 is 19.4 Å². The van der Waals surface area contributed by atoms with Gasteiger partial charge in [-0.15, -0.1) is 0 Å². The van der Waals surface area contributed by atoms with Gasteiger partial charge in [0, 0.05) is 12.6 Å². The van der Waals surface area contributed by atoms with Crippen molar-refractivity contribution in [3.8, 4) is 5.75 Å². The second kappa shape index (κ2) is 8.87. The quantitative estimate of drug-likeness (QED) is 0.873. The first-order valence-electron chi connectivity index (χ1n) is 7.93. The van der Waals surface area contributed by atoms with Crippen LogP contribution >= 0.6 is 0 Å². The van der Waals surface area contributed by atoms with Gasteiger partial charge in [0.05, 0.1) is 0 Å². The summed E-state index contributed by atoms with van der Waals surface area (Å²) in [5.74, 6) is -0.439. The van der Waals surface area contributed by atoms with Gasteiger partial charge in [0.15, 0.2) is 5.60 Å². The third-order valence-electron chi connectivity index (χ3n) is 3.17. The number of carbonyl (C=O) groups excluding carboxylic acids is 1. The molecule has 2 aromatic carbocycles. The number of aliphatic carboxylic acids is 1. The number of hydrogen-bond acceptors (Lipinski definition) is 3. The van der Waals surface area contributed by atoms with Crippen LogP contribution in [0.4, 0.5) is 5.69 Å². The average Bonchev–Trinajstić information content (AvgIpc) is 2.46. The summed E-state index contributed by atoms with van der Waals surface area (Å²) < 4.78 is 5.26. The first-order valence-corrected chi connectivity index (χ1v) is 7.93. The summed E-state index contributed by atoms with van der Waals surface area (Å²) in [6.45, 7) is 8.57. The average molecular weight is 343 g/mol. The summed E-state index contributed by atoms with van der Waals surface area (Å²) in [5, 5.41) is 11.5. The van der Waals surface area contributed by atoms with Crippen LogP contribution in [0.15, 0.2) is 48.5 Å². The molecule has 0 unspecified atom stereocenters. The molecule has 134 valence electrons. The Hall–Kier alpha value is -2.82. The number of benzene rings is 2. The lowest BCUT2D eigenvalue weighted by atomic mass is 10.1. The normalized spacial score (nSPS) is 10.3. The third kappa shape index (κ3) is 7.52. The zero-order valence-electron chi connectivity index (χ0n) is 15.3. The van der Waals surface area contributed by atoms with E-state index in [1.54, 1.807) is 24.3 Å². The predicted octanol–water partition coefficient (Wildman–Crippen LogP) is 4.19. The Bertz CT molecular complexity index is 703. The molecule has 0 atom stereocenters. The van der Waals surface area contributed by atoms with E-state index < -0.39 is 11.6 Å². The van der Waals surface area contributed by atoms with E-state index in [1.807, 2.05) is 32.0 Å². The number of para-hydroxylation sites is 1. The highest BCUT2D eigenvalue weighted by atomic mass is 16.5. The van der Waals surface area contributed by atoms with E-state index in [-0.39, 0.29) is 5.91 Å². The molecule has 0 aliphatic carbocycles. The molecule has 0 aliphatic rings. The van der Waals surface area contributed by atoms with Gasteiger partial charge >= 0.3 is 5.97 Å². The first-order chi connectivity index (χ1) is 11.6. The van der Waals surface area contributed by atoms with E-state index in [4.69, 9.17) is 9.84 Å². The van der Waals surface area contributed by atoms with Crippen LogP contribution in [0.2, 0.25) is 0 Å². The maximum Gasteiger partial charge on any atom is 0.347 e. The van der Waals surface area contributed by atoms with Crippen molar-refractivity contribution in [3.63, 3.8) is 0 Å². The Labute approximate surface area is 148 Å². The van der Waals surface area contributed by atoms with Crippen molar-refractivity contribution >= 4 is 17.6 Å². The largest absolute Gasteiger partial charge is 0.478 e. The van der Waals surface area contributed by atoms with Crippen LogP contribution in [0.1, 0.15) is 31.9 Å². The molecule has 0 saturated carbocycles. The Kier molecular flexibility index (Phi) is 7.18. The molecule has 0 bridgehead atoms. The number of carbonyl (C=O) groups is 2. The van der Waals surface area contributed by atoms with Crippen LogP contribution in [0.3, 0.4) is 0 Å². The number of carboxylic acid groups (broad SMARTS) is 1. The maximum atomic E-state index is 10.7. The zero-order valence-corrected chi connectivity index (χ0v) is 15.3. The first kappa shape index (κ1) is 20.2. The van der Waals surface area contributed by atoms with Gasteiger partial charge in [-0.1, -0.05) is 24.3 Å². The Morgan fingerprint density at radius 3 is 1.96 bits per heavy atom. The lowest BCUT2D eigenvalue weighted by Crippen LogP contribution is -2.37. The second-order valence-corrected chi connectivity index (χ2v) is 6.29. The van der Waals surface area contributed by atoms with E-state index in [0.29, 0.717) is 5.75 Å². The summed E-state index contributed by atoms with van der Waals surface area (Å²) in [6.07, 6.45) is 0. The van der Waals surface area contributed by atoms with Gasteiger partial charge < -0.3 is 15.2 Å². The Balaban J connectivity index is 0.000000251. The standard InChI is InChI=1S/C10H13NO.C10H12O3/c1-7-4-8(2)6-10(5-7)11-9(3)12;1-10(2,9(11)12)13-8-6-4-3-5-7-8/h4-6H,1-3H3,(H,11,12);3-7H,1-2H3,(H,11,12). The predicted molar refractivity (Wildman–Crippen MR) is 99.0 cm³/mol. The minimum Gasteiger partial charge on any atom is -0.478 e. The molecule has 5 heteroatoms. The summed E-state index contributed by atoms with van der Waals surface area (Å²) in [7, 11) is 0. The highest BCUT2D eigenvalue weighted by Crippen LogP contribution is 2.17. The van der Waals surface area contributed by atoms with Crippen molar-refractivity contribution in [2.75, 3.05) is 5.32 Å². The second-order valence-electron chi connectivity index (χ2n) is 6.29. The Morgan fingerprint density at radius 2 is 1.52 bits per heavy atom. The van der Waals surface area contributed by atoms with Crippen molar-refractivity contribution in [2.45, 2.75) is 40.2 Å². The van der Waals surface area contributed by atoms with E-state index in [2.05, 4.69) is 11.4 Å². The molecule has 0 radical (unpaired) electrons. The lowest BCUT2D eigenvalue weighted by Gasteiger charge is -2.21. The molecular weight excluding hydrogens is 318 g/mol. The molecule has 2 aromatic rings. The van der Waals surface area contributed by atoms with Gasteiger partial charge in [0.2, 0.25) is 5.91 Å². The van der Waals surface area contributed by atoms with Gasteiger partial charge in [-0.05, 0) is 63.1 Å². The monoisotopic (exact) mass is 343 g/mol. The number of amides is 1. The maximum absolute atomic E-state index is 10.7. The van der Waals surface area contributed by atoms with Crippen molar-refractivity contribution in [2.24, 2.45) is 0 Å². The minimum absolute atomic E-state index is 0.0278. The fourth-order valence-electron chi connectivity index (χ4n) is 2.08. The van der Waals surface area contributed by atoms with Crippen LogP contribution in [-0.4, -0.2) is 22.6 Å². The summed E-state index contributed by atoms with van der Waals surface area (Å²) in [4.78, 5) is 21.4. The van der Waals surface area contributed by atoms with E-state index in [0.717, 1.165) is 5.69 Å². The molecular formula is C20H25NO4. The van der Waals surface area contributed by atoms with Gasteiger partial charge in [-0.3, -0.25) is 4.79 Å². The number of carboxylic acids is 1. The fraction of sp³-hybridized carbons (Fsp3) is 0.300. The lowest BCUT2D eigenvalue weighted by molar-refractivity contribution is -0.152. The number of anilines is 1. The van der Waals surface area contributed by atoms with Crippen LogP contribution in [0.5, 0.6) is 5.75 Å². The molecule has 2 N–H and O–H groups in total. The number of hydrogen-bond donors (Lipinski definition) is 2. The van der Waals surface area contributed by atoms with Crippen LogP contribution in [0, 0.1) is 13.8 Å². The van der Waals surface area contributed by atoms with E-state index >= 15 is 0 Å². The molecule has 0 aliphatic heterocycles. The number of aryl methyl sites for hydroxylation is 2. The van der Waals surface area contributed by atoms with Crippen molar-refractivity contribution in [3.05, 3.63) is 59.7 Å². The number of nitrogens with one attached hydrogen (secondary N) is 1. The fourth-order valence-corrected chi connectivity index (χ4v) is 2.08. The molecule has 25 heavy (non-hydrogen) atoms. The smallest absolute Gasteiger partial charge is 0.347 e. The third-order valence-corrected chi connectivity index (χ3v) is 3.17. The molecule has 0 heterocycles. The zero-order chi connectivity index (χ0) is 19.0. The SMILES string of the molecule is CC(=O)Nc1cc(C)cc(C)c1.CC(C)(Oc1ccccc1)C(=O)O. The molecule has 0 spiro atoms. The minimum atomic E-state index is -1.18. The van der Waals surface area contributed by atoms with Gasteiger partial charge in [0.25, 0.3) is 0 Å². The highest BCUT2D eigenvalue weighted by Gasteiger charge is 2.29.